The minimum atomic E-state index is -0.194. The summed E-state index contributed by atoms with van der Waals surface area (Å²) >= 11 is 0. The fourth-order valence-electron chi connectivity index (χ4n) is 3.94. The van der Waals surface area contributed by atoms with Crippen LogP contribution in [0.5, 0.6) is 5.75 Å². The van der Waals surface area contributed by atoms with Gasteiger partial charge in [0.05, 0.1) is 0 Å². The molecule has 0 heterocycles. The fourth-order valence-corrected chi connectivity index (χ4v) is 3.94. The average molecular weight is 439 g/mol. The number of carbonyl (C=O) groups is 1. The van der Waals surface area contributed by atoms with Gasteiger partial charge in [0.15, 0.2) is 0 Å². The molecule has 2 N–H and O–H groups in total. The van der Waals surface area contributed by atoms with E-state index in [2.05, 4.69) is 65.2 Å². The first kappa shape index (κ1) is 22.4. The molecule has 0 radical (unpaired) electrons. The third kappa shape index (κ3) is 5.92. The molecule has 0 aromatic heterocycles. The van der Waals surface area contributed by atoms with E-state index in [1.165, 1.54) is 5.56 Å². The van der Waals surface area contributed by atoms with E-state index in [0.717, 1.165) is 40.5 Å². The normalized spacial score (nSPS) is 10.8. The number of fused-ring (bicyclic) bond motifs is 1. The van der Waals surface area contributed by atoms with Crippen molar-refractivity contribution >= 4 is 16.8 Å². The van der Waals surface area contributed by atoms with Crippen molar-refractivity contribution < 1.29 is 9.53 Å². The van der Waals surface area contributed by atoms with Gasteiger partial charge in [-0.25, -0.2) is 4.79 Å². The van der Waals surface area contributed by atoms with Crippen LogP contribution in [0.25, 0.3) is 10.8 Å². The molecular formula is C29H30N2O2. The number of urea groups is 1. The van der Waals surface area contributed by atoms with Gasteiger partial charge in [0.1, 0.15) is 11.9 Å². The summed E-state index contributed by atoms with van der Waals surface area (Å²) < 4.78 is 6.56. The van der Waals surface area contributed by atoms with Gasteiger partial charge in [0.2, 0.25) is 0 Å². The van der Waals surface area contributed by atoms with Gasteiger partial charge in [-0.2, -0.15) is 0 Å². The first-order chi connectivity index (χ1) is 16.2. The van der Waals surface area contributed by atoms with Crippen molar-refractivity contribution in [3.63, 3.8) is 0 Å². The lowest BCUT2D eigenvalue weighted by atomic mass is 10.0. The van der Waals surface area contributed by atoms with Crippen LogP contribution < -0.4 is 15.4 Å². The van der Waals surface area contributed by atoms with Crippen molar-refractivity contribution in [2.45, 2.75) is 25.9 Å². The van der Waals surface area contributed by atoms with Gasteiger partial charge in [0, 0.05) is 13.1 Å². The molecule has 4 nitrogen and oxygen atoms in total. The maximum atomic E-state index is 11.9. The van der Waals surface area contributed by atoms with E-state index >= 15 is 0 Å². The molecule has 0 aliphatic heterocycles. The highest BCUT2D eigenvalue weighted by Crippen LogP contribution is 2.31. The molecule has 168 valence electrons. The van der Waals surface area contributed by atoms with E-state index in [1.807, 2.05) is 49.4 Å². The van der Waals surface area contributed by atoms with Gasteiger partial charge in [-0.05, 0) is 52.4 Å². The van der Waals surface area contributed by atoms with E-state index in [4.69, 9.17) is 4.74 Å². The summed E-state index contributed by atoms with van der Waals surface area (Å²) in [4.78, 5) is 11.9. The lowest BCUT2D eigenvalue weighted by Crippen LogP contribution is -2.36. The monoisotopic (exact) mass is 438 g/mol. The highest BCUT2D eigenvalue weighted by Gasteiger charge is 2.16. The second kappa shape index (κ2) is 11.2. The standard InChI is InChI=1S/C29H30N2O2/c1-2-19-30-29(32)31-20-18-23-15-9-14-22-16-17-26(21-27(22)23)33-28(24-10-5-3-6-11-24)25-12-7-4-8-13-25/h3-17,21,28H,2,18-20H2,1H3,(H2,30,31,32). The van der Waals surface area contributed by atoms with Crippen molar-refractivity contribution in [3.8, 4) is 5.75 Å². The van der Waals surface area contributed by atoms with Crippen molar-refractivity contribution in [3.05, 3.63) is 114 Å². The average Bonchev–Trinajstić information content (AvgIpc) is 2.87. The van der Waals surface area contributed by atoms with Crippen LogP contribution in [0.4, 0.5) is 4.79 Å². The molecule has 4 heteroatoms. The Morgan fingerprint density at radius 2 is 1.45 bits per heavy atom. The Hall–Kier alpha value is -3.79. The Kier molecular flexibility index (Phi) is 7.60. The van der Waals surface area contributed by atoms with Crippen molar-refractivity contribution in [1.82, 2.24) is 10.6 Å². The summed E-state index contributed by atoms with van der Waals surface area (Å²) in [5, 5.41) is 8.09. The third-order valence-corrected chi connectivity index (χ3v) is 5.62. The second-order valence-electron chi connectivity index (χ2n) is 8.05. The summed E-state index contributed by atoms with van der Waals surface area (Å²) in [7, 11) is 0. The van der Waals surface area contributed by atoms with Crippen LogP contribution in [0.2, 0.25) is 0 Å². The molecule has 2 amide bonds. The van der Waals surface area contributed by atoms with Gasteiger partial charge in [0.25, 0.3) is 0 Å². The largest absolute Gasteiger partial charge is 0.481 e. The molecule has 0 aliphatic carbocycles. The quantitative estimate of drug-likeness (QED) is 0.324. The van der Waals surface area contributed by atoms with Crippen LogP contribution in [0, 0.1) is 0 Å². The summed E-state index contributed by atoms with van der Waals surface area (Å²) in [5.74, 6) is 0.821. The molecule has 0 fully saturated rings. The van der Waals surface area contributed by atoms with Gasteiger partial charge in [-0.3, -0.25) is 0 Å². The topological polar surface area (TPSA) is 50.4 Å². The van der Waals surface area contributed by atoms with Crippen LogP contribution in [0.15, 0.2) is 97.1 Å². The van der Waals surface area contributed by atoms with E-state index in [9.17, 15) is 4.79 Å². The molecule has 4 aromatic carbocycles. The molecule has 33 heavy (non-hydrogen) atoms. The predicted molar refractivity (Wildman–Crippen MR) is 135 cm³/mol. The van der Waals surface area contributed by atoms with Crippen LogP contribution in [0.1, 0.15) is 36.1 Å². The zero-order chi connectivity index (χ0) is 22.9. The highest BCUT2D eigenvalue weighted by molar-refractivity contribution is 5.87. The molecular weight excluding hydrogens is 408 g/mol. The minimum Gasteiger partial charge on any atom is -0.481 e. The van der Waals surface area contributed by atoms with Gasteiger partial charge in [-0.1, -0.05) is 91.9 Å². The minimum absolute atomic E-state index is 0.116. The van der Waals surface area contributed by atoms with E-state index in [0.29, 0.717) is 13.1 Å². The first-order valence-corrected chi connectivity index (χ1v) is 11.5. The molecule has 0 aliphatic rings. The zero-order valence-corrected chi connectivity index (χ0v) is 19.0. The molecule has 0 saturated heterocycles. The van der Waals surface area contributed by atoms with Crippen LogP contribution in [-0.4, -0.2) is 19.1 Å². The number of hydrogen-bond donors (Lipinski definition) is 2. The van der Waals surface area contributed by atoms with E-state index in [-0.39, 0.29) is 12.1 Å². The second-order valence-corrected chi connectivity index (χ2v) is 8.05. The molecule has 4 aromatic rings. The Bertz CT molecular complexity index is 1140. The Labute approximate surface area is 195 Å². The molecule has 0 saturated carbocycles. The molecule has 0 unspecified atom stereocenters. The predicted octanol–water partition coefficient (Wildman–Crippen LogP) is 6.26. The zero-order valence-electron chi connectivity index (χ0n) is 19.0. The maximum Gasteiger partial charge on any atom is 0.314 e. The number of hydrogen-bond acceptors (Lipinski definition) is 2. The van der Waals surface area contributed by atoms with Crippen molar-refractivity contribution in [2.24, 2.45) is 0 Å². The van der Waals surface area contributed by atoms with Gasteiger partial charge >= 0.3 is 6.03 Å². The Morgan fingerprint density at radius 1 is 0.788 bits per heavy atom. The Balaban J connectivity index is 1.56. The first-order valence-electron chi connectivity index (χ1n) is 11.5. The van der Waals surface area contributed by atoms with E-state index < -0.39 is 0 Å². The number of carbonyl (C=O) groups excluding carboxylic acids is 1. The smallest absolute Gasteiger partial charge is 0.314 e. The number of nitrogens with one attached hydrogen (secondary N) is 2. The number of amides is 2. The molecule has 0 spiro atoms. The Morgan fingerprint density at radius 3 is 2.12 bits per heavy atom. The van der Waals surface area contributed by atoms with Crippen molar-refractivity contribution in [1.29, 1.82) is 0 Å². The molecule has 4 rings (SSSR count). The number of benzene rings is 4. The summed E-state index contributed by atoms with van der Waals surface area (Å²) in [5.41, 5.74) is 3.41. The lowest BCUT2D eigenvalue weighted by Gasteiger charge is -2.21. The fraction of sp³-hybridized carbons (Fsp3) is 0.207. The molecule has 0 bridgehead atoms. The highest BCUT2D eigenvalue weighted by atomic mass is 16.5. The van der Waals surface area contributed by atoms with Gasteiger partial charge < -0.3 is 15.4 Å². The maximum absolute atomic E-state index is 11.9. The summed E-state index contributed by atoms with van der Waals surface area (Å²) in [6.07, 6.45) is 1.48. The van der Waals surface area contributed by atoms with Crippen LogP contribution >= 0.6 is 0 Å². The van der Waals surface area contributed by atoms with Crippen molar-refractivity contribution in [2.75, 3.05) is 13.1 Å². The summed E-state index contributed by atoms with van der Waals surface area (Å²) in [6.45, 7) is 3.30. The summed E-state index contributed by atoms with van der Waals surface area (Å²) in [6, 6.07) is 33.0. The van der Waals surface area contributed by atoms with Crippen LogP contribution in [0.3, 0.4) is 0 Å². The van der Waals surface area contributed by atoms with Gasteiger partial charge in [-0.15, -0.1) is 0 Å². The van der Waals surface area contributed by atoms with Crippen LogP contribution in [-0.2, 0) is 6.42 Å². The third-order valence-electron chi connectivity index (χ3n) is 5.62. The lowest BCUT2D eigenvalue weighted by molar-refractivity contribution is 0.241. The number of rotatable bonds is 9. The molecule has 0 atom stereocenters. The number of ether oxygens (including phenoxy) is 1. The SMILES string of the molecule is CCCNC(=O)NCCc1cccc2ccc(OC(c3ccccc3)c3ccccc3)cc12. The van der Waals surface area contributed by atoms with E-state index in [1.54, 1.807) is 0 Å².